The van der Waals surface area contributed by atoms with Crippen molar-refractivity contribution in [3.63, 3.8) is 0 Å². The standard InChI is InChI=1S/C27H28O16/c1-9(28)40-24-19(35)15(33)7-38-26(24)43-25-20(36)16(34)8-39-27(25)42-23-21(37)18-14(32)5-11(29)6-17(18)41-22(23)10-2-3-12(30)13(31)4-10/h2-6,15-16,19-20,24-27,29-36H,7-8H2,1H3. The van der Waals surface area contributed by atoms with E-state index in [9.17, 15) is 50.4 Å². The summed E-state index contributed by atoms with van der Waals surface area (Å²) in [5.41, 5.74) is -1.28. The first-order chi connectivity index (χ1) is 20.3. The van der Waals surface area contributed by atoms with Crippen molar-refractivity contribution in [3.8, 4) is 40.1 Å². The highest BCUT2D eigenvalue weighted by Gasteiger charge is 2.48. The maximum Gasteiger partial charge on any atom is 0.303 e. The highest BCUT2D eigenvalue weighted by molar-refractivity contribution is 5.88. The van der Waals surface area contributed by atoms with Gasteiger partial charge in [-0.25, -0.2) is 0 Å². The molecule has 43 heavy (non-hydrogen) atoms. The Kier molecular flexibility index (Phi) is 8.35. The number of hydrogen-bond acceptors (Lipinski definition) is 16. The number of rotatable bonds is 6. The van der Waals surface area contributed by atoms with E-state index in [0.717, 1.165) is 31.2 Å². The molecular formula is C27H28O16. The van der Waals surface area contributed by atoms with Gasteiger partial charge in [0.05, 0.1) is 13.2 Å². The molecular weight excluding hydrogens is 580 g/mol. The van der Waals surface area contributed by atoms with Crippen molar-refractivity contribution in [1.29, 1.82) is 0 Å². The van der Waals surface area contributed by atoms with Gasteiger partial charge in [0.2, 0.25) is 17.5 Å². The Balaban J connectivity index is 1.58. The largest absolute Gasteiger partial charge is 0.508 e. The molecule has 3 aromatic rings. The first-order valence-electron chi connectivity index (χ1n) is 12.9. The Bertz CT molecular complexity index is 1570. The molecule has 232 valence electrons. The molecule has 16 heteroatoms. The van der Waals surface area contributed by atoms with Gasteiger partial charge in [0.25, 0.3) is 0 Å². The monoisotopic (exact) mass is 608 g/mol. The molecule has 3 heterocycles. The van der Waals surface area contributed by atoms with Crippen molar-refractivity contribution in [3.05, 3.63) is 40.6 Å². The van der Waals surface area contributed by atoms with Gasteiger partial charge >= 0.3 is 5.97 Å². The van der Waals surface area contributed by atoms with Crippen LogP contribution in [-0.4, -0.2) is 109 Å². The summed E-state index contributed by atoms with van der Waals surface area (Å²) in [6.45, 7) is 0.0609. The van der Waals surface area contributed by atoms with Crippen LogP contribution in [0.1, 0.15) is 6.92 Å². The predicted molar refractivity (Wildman–Crippen MR) is 139 cm³/mol. The summed E-state index contributed by atoms with van der Waals surface area (Å²) < 4.78 is 33.4. The first kappa shape index (κ1) is 30.3. The van der Waals surface area contributed by atoms with E-state index in [1.807, 2.05) is 0 Å². The normalized spacial score (nSPS) is 29.3. The zero-order valence-corrected chi connectivity index (χ0v) is 22.3. The number of benzene rings is 2. The number of aliphatic hydroxyl groups excluding tert-OH is 4. The minimum absolute atomic E-state index is 0.0105. The van der Waals surface area contributed by atoms with Crippen molar-refractivity contribution in [2.24, 2.45) is 0 Å². The van der Waals surface area contributed by atoms with Crippen molar-refractivity contribution >= 4 is 16.9 Å². The molecule has 0 amide bonds. The number of esters is 1. The molecule has 0 bridgehead atoms. The van der Waals surface area contributed by atoms with Gasteiger partial charge in [0.1, 0.15) is 46.9 Å². The number of aromatic hydroxyl groups is 4. The Morgan fingerprint density at radius 1 is 0.837 bits per heavy atom. The molecule has 0 spiro atoms. The number of phenolic OH excluding ortho intramolecular Hbond substituents is 4. The Morgan fingerprint density at radius 2 is 1.49 bits per heavy atom. The summed E-state index contributed by atoms with van der Waals surface area (Å²) in [4.78, 5) is 25.3. The first-order valence-corrected chi connectivity index (χ1v) is 12.9. The summed E-state index contributed by atoms with van der Waals surface area (Å²) in [6, 6.07) is 5.32. The van der Waals surface area contributed by atoms with E-state index in [0.29, 0.717) is 0 Å². The van der Waals surface area contributed by atoms with Crippen LogP contribution < -0.4 is 10.2 Å². The molecule has 8 N–H and O–H groups in total. The second-order valence-electron chi connectivity index (χ2n) is 9.94. The average molecular weight is 609 g/mol. The fourth-order valence-electron chi connectivity index (χ4n) is 4.71. The van der Waals surface area contributed by atoms with Crippen LogP contribution in [-0.2, 0) is 23.7 Å². The van der Waals surface area contributed by atoms with Gasteiger partial charge in [-0.3, -0.25) is 9.59 Å². The number of carbonyl (C=O) groups is 1. The lowest BCUT2D eigenvalue weighted by molar-refractivity contribution is -0.333. The third-order valence-corrected chi connectivity index (χ3v) is 6.84. The Morgan fingerprint density at radius 3 is 2.14 bits per heavy atom. The van der Waals surface area contributed by atoms with Gasteiger partial charge in [0.15, 0.2) is 35.8 Å². The predicted octanol–water partition coefficient (Wildman–Crippen LogP) is -0.866. The SMILES string of the molecule is CC(=O)OC1C(OC2C(Oc3c(-c4ccc(O)c(O)c4)oc4cc(O)cc(O)c4c3=O)OCC(O)C2O)OCC(O)C1O. The molecule has 2 fully saturated rings. The van der Waals surface area contributed by atoms with Crippen molar-refractivity contribution in [2.45, 2.75) is 56.1 Å². The number of carbonyl (C=O) groups excluding carboxylic acids is 1. The molecule has 8 unspecified atom stereocenters. The van der Waals surface area contributed by atoms with Crippen LogP contribution in [0.3, 0.4) is 0 Å². The number of ether oxygens (including phenoxy) is 5. The Hall–Kier alpha value is -4.16. The van der Waals surface area contributed by atoms with Gasteiger partial charge in [-0.15, -0.1) is 0 Å². The summed E-state index contributed by atoms with van der Waals surface area (Å²) in [7, 11) is 0. The van der Waals surface area contributed by atoms with Gasteiger partial charge in [0, 0.05) is 24.6 Å². The second-order valence-corrected chi connectivity index (χ2v) is 9.94. The minimum Gasteiger partial charge on any atom is -0.508 e. The number of phenols is 4. The molecule has 1 aromatic heterocycles. The maximum atomic E-state index is 13.7. The molecule has 2 aromatic carbocycles. The number of aliphatic hydroxyl groups is 4. The molecule has 8 atom stereocenters. The van der Waals surface area contributed by atoms with Crippen LogP contribution in [0.4, 0.5) is 0 Å². The molecule has 16 nitrogen and oxygen atoms in total. The Labute approximate surface area is 241 Å². The summed E-state index contributed by atoms with van der Waals surface area (Å²) in [5, 5.41) is 81.3. The van der Waals surface area contributed by atoms with Crippen LogP contribution in [0, 0.1) is 0 Å². The lowest BCUT2D eigenvalue weighted by Gasteiger charge is -2.43. The van der Waals surface area contributed by atoms with Crippen molar-refractivity contribution in [1.82, 2.24) is 0 Å². The minimum atomic E-state index is -1.76. The molecule has 2 aliphatic rings. The average Bonchev–Trinajstić information content (AvgIpc) is 2.94. The van der Waals surface area contributed by atoms with Crippen molar-refractivity contribution in [2.75, 3.05) is 13.2 Å². The van der Waals surface area contributed by atoms with E-state index in [1.165, 1.54) is 6.07 Å². The van der Waals surface area contributed by atoms with Gasteiger partial charge < -0.3 is 69.0 Å². The quantitative estimate of drug-likeness (QED) is 0.125. The van der Waals surface area contributed by atoms with E-state index in [1.54, 1.807) is 0 Å². The maximum absolute atomic E-state index is 13.7. The molecule has 2 saturated heterocycles. The fraction of sp³-hybridized carbons (Fsp3) is 0.407. The third kappa shape index (κ3) is 5.89. The van der Waals surface area contributed by atoms with Crippen molar-refractivity contribution < 1.29 is 73.7 Å². The smallest absolute Gasteiger partial charge is 0.303 e. The van der Waals surface area contributed by atoms with Crippen LogP contribution in [0.15, 0.2) is 39.5 Å². The summed E-state index contributed by atoms with van der Waals surface area (Å²) in [5.74, 6) is -4.06. The van der Waals surface area contributed by atoms with E-state index in [2.05, 4.69) is 0 Å². The molecule has 5 rings (SSSR count). The number of fused-ring (bicyclic) bond motifs is 1. The van der Waals surface area contributed by atoms with Crippen LogP contribution in [0.2, 0.25) is 0 Å². The lowest BCUT2D eigenvalue weighted by Crippen LogP contribution is -2.61. The molecule has 0 aliphatic carbocycles. The molecule has 0 radical (unpaired) electrons. The fourth-order valence-corrected chi connectivity index (χ4v) is 4.71. The highest BCUT2D eigenvalue weighted by Crippen LogP contribution is 2.39. The van der Waals surface area contributed by atoms with E-state index in [4.69, 9.17) is 28.1 Å². The van der Waals surface area contributed by atoms with Gasteiger partial charge in [-0.1, -0.05) is 0 Å². The molecule has 2 aliphatic heterocycles. The summed E-state index contributed by atoms with van der Waals surface area (Å²) in [6.07, 6.45) is -13.0. The van der Waals surface area contributed by atoms with Gasteiger partial charge in [-0.05, 0) is 18.2 Å². The van der Waals surface area contributed by atoms with Crippen LogP contribution >= 0.6 is 0 Å². The zero-order chi connectivity index (χ0) is 31.2. The van der Waals surface area contributed by atoms with Crippen LogP contribution in [0.25, 0.3) is 22.3 Å². The second kappa shape index (κ2) is 11.8. The topological polar surface area (TPSA) is 255 Å². The highest BCUT2D eigenvalue weighted by atomic mass is 16.8. The molecule has 0 saturated carbocycles. The zero-order valence-electron chi connectivity index (χ0n) is 22.3. The van der Waals surface area contributed by atoms with Gasteiger partial charge in [-0.2, -0.15) is 0 Å². The third-order valence-electron chi connectivity index (χ3n) is 6.84. The lowest BCUT2D eigenvalue weighted by atomic mass is 10.0. The summed E-state index contributed by atoms with van der Waals surface area (Å²) >= 11 is 0. The number of hydrogen-bond donors (Lipinski definition) is 8. The van der Waals surface area contributed by atoms with E-state index in [-0.39, 0.29) is 16.9 Å². The van der Waals surface area contributed by atoms with E-state index >= 15 is 0 Å². The van der Waals surface area contributed by atoms with Crippen LogP contribution in [0.5, 0.6) is 28.7 Å². The van der Waals surface area contributed by atoms with E-state index < -0.39 is 108 Å².